The van der Waals surface area contributed by atoms with Gasteiger partial charge in [-0.05, 0) is 6.92 Å². The Morgan fingerprint density at radius 2 is 1.75 bits per heavy atom. The molecule has 1 aliphatic heterocycles. The van der Waals surface area contributed by atoms with Crippen LogP contribution in [0.4, 0.5) is 0 Å². The maximum Gasteiger partial charge on any atom is 0.186 e. The molecule has 7 nitrogen and oxygen atoms in total. The van der Waals surface area contributed by atoms with Crippen molar-refractivity contribution in [3.8, 4) is 0 Å². The molecule has 0 radical (unpaired) electrons. The monoisotopic (exact) mass is 238 g/mol. The third-order valence-electron chi connectivity index (χ3n) is 2.63. The third-order valence-corrected chi connectivity index (χ3v) is 2.63. The lowest BCUT2D eigenvalue weighted by molar-refractivity contribution is -0.210. The molecule has 0 aromatic carbocycles. The molecule has 0 bridgehead atoms. The van der Waals surface area contributed by atoms with Crippen molar-refractivity contribution in [2.45, 2.75) is 37.1 Å². The normalized spacial score (nSPS) is 35.6. The molecule has 1 fully saturated rings. The molecule has 1 unspecified atom stereocenters. The Kier molecular flexibility index (Phi) is 4.62. The smallest absolute Gasteiger partial charge is 0.186 e. The second kappa shape index (κ2) is 5.37. The fourth-order valence-corrected chi connectivity index (χ4v) is 1.62. The lowest BCUT2D eigenvalue weighted by atomic mass is 9.93. The predicted octanol–water partition coefficient (Wildman–Crippen LogP) is -2.81. The van der Waals surface area contributed by atoms with Crippen LogP contribution in [0.25, 0.3) is 0 Å². The Hall–Kier alpha value is -0.280. The van der Waals surface area contributed by atoms with Gasteiger partial charge in [0, 0.05) is 6.61 Å². The van der Waals surface area contributed by atoms with Gasteiger partial charge in [-0.25, -0.2) is 0 Å². The van der Waals surface area contributed by atoms with Crippen LogP contribution in [0.1, 0.15) is 6.92 Å². The van der Waals surface area contributed by atoms with E-state index in [1.165, 1.54) is 0 Å². The van der Waals surface area contributed by atoms with Gasteiger partial charge in [-0.1, -0.05) is 0 Å². The second-order valence-electron chi connectivity index (χ2n) is 3.78. The highest BCUT2D eigenvalue weighted by Crippen LogP contribution is 2.29. The molecule has 1 rings (SSSR count). The first-order chi connectivity index (χ1) is 7.50. The van der Waals surface area contributed by atoms with Crippen LogP contribution in [0.2, 0.25) is 0 Å². The number of rotatable bonds is 5. The first-order valence-electron chi connectivity index (χ1n) is 5.07. The minimum atomic E-state index is -2.01. The average molecular weight is 238 g/mol. The molecular weight excluding hydrogens is 220 g/mol. The van der Waals surface area contributed by atoms with E-state index >= 15 is 0 Å². The summed E-state index contributed by atoms with van der Waals surface area (Å²) in [4.78, 5) is 0. The van der Waals surface area contributed by atoms with Gasteiger partial charge in [-0.3, -0.25) is 0 Å². The quantitative estimate of drug-likeness (QED) is 0.350. The van der Waals surface area contributed by atoms with Gasteiger partial charge >= 0.3 is 0 Å². The molecule has 96 valence electrons. The Morgan fingerprint density at radius 1 is 1.19 bits per heavy atom. The standard InChI is InChI=1S/C9H18O7/c1-2-15-8-6(13)5(12)7(16-8)9(14,3-10)4-11/h5-8,10-14H,2-4H2,1H3/t5-,6-,7-,8?/m1/s1. The third kappa shape index (κ3) is 2.35. The largest absolute Gasteiger partial charge is 0.393 e. The van der Waals surface area contributed by atoms with E-state index in [2.05, 4.69) is 0 Å². The van der Waals surface area contributed by atoms with Crippen molar-refractivity contribution < 1.29 is 35.0 Å². The first kappa shape index (κ1) is 13.8. The van der Waals surface area contributed by atoms with Crippen LogP contribution in [-0.4, -0.2) is 75.6 Å². The predicted molar refractivity (Wildman–Crippen MR) is 51.4 cm³/mol. The van der Waals surface area contributed by atoms with E-state index in [9.17, 15) is 15.3 Å². The zero-order chi connectivity index (χ0) is 12.3. The molecule has 16 heavy (non-hydrogen) atoms. The van der Waals surface area contributed by atoms with E-state index in [1.807, 2.05) is 0 Å². The highest BCUT2D eigenvalue weighted by Gasteiger charge is 2.52. The summed E-state index contributed by atoms with van der Waals surface area (Å²) in [5.74, 6) is 0. The van der Waals surface area contributed by atoms with Gasteiger partial charge in [0.15, 0.2) is 6.29 Å². The number of aliphatic hydroxyl groups excluding tert-OH is 4. The lowest BCUT2D eigenvalue weighted by Crippen LogP contribution is -2.54. The zero-order valence-electron chi connectivity index (χ0n) is 8.98. The van der Waals surface area contributed by atoms with E-state index in [0.29, 0.717) is 0 Å². The van der Waals surface area contributed by atoms with Crippen molar-refractivity contribution >= 4 is 0 Å². The molecule has 0 amide bonds. The minimum absolute atomic E-state index is 0.262. The summed E-state index contributed by atoms with van der Waals surface area (Å²) < 4.78 is 10.1. The molecule has 1 saturated heterocycles. The summed E-state index contributed by atoms with van der Waals surface area (Å²) >= 11 is 0. The Morgan fingerprint density at radius 3 is 2.19 bits per heavy atom. The summed E-state index contributed by atoms with van der Waals surface area (Å²) in [6.45, 7) is 0.353. The van der Waals surface area contributed by atoms with Gasteiger partial charge in [-0.2, -0.15) is 0 Å². The van der Waals surface area contributed by atoms with E-state index in [1.54, 1.807) is 6.92 Å². The molecule has 1 heterocycles. The van der Waals surface area contributed by atoms with E-state index in [0.717, 1.165) is 0 Å². The van der Waals surface area contributed by atoms with Gasteiger partial charge < -0.3 is 35.0 Å². The van der Waals surface area contributed by atoms with Crippen LogP contribution in [0, 0.1) is 0 Å². The summed E-state index contributed by atoms with van der Waals surface area (Å²) in [7, 11) is 0. The van der Waals surface area contributed by atoms with Crippen molar-refractivity contribution in [3.05, 3.63) is 0 Å². The molecule has 0 saturated carbocycles. The molecule has 0 aromatic rings. The van der Waals surface area contributed by atoms with Crippen molar-refractivity contribution in [2.75, 3.05) is 19.8 Å². The highest BCUT2D eigenvalue weighted by molar-refractivity contribution is 4.99. The lowest BCUT2D eigenvalue weighted by Gasteiger charge is -2.31. The minimum Gasteiger partial charge on any atom is -0.393 e. The summed E-state index contributed by atoms with van der Waals surface area (Å²) in [6.07, 6.45) is -5.13. The van der Waals surface area contributed by atoms with Crippen LogP contribution < -0.4 is 0 Å². The van der Waals surface area contributed by atoms with Crippen LogP contribution >= 0.6 is 0 Å². The molecule has 0 spiro atoms. The highest BCUT2D eigenvalue weighted by atomic mass is 16.7. The van der Waals surface area contributed by atoms with Gasteiger partial charge in [-0.15, -0.1) is 0 Å². The number of ether oxygens (including phenoxy) is 2. The SMILES string of the molecule is CCOC1O[C@@H](C(O)(CO)CO)[C@H](O)[C@H]1O. The Balaban J connectivity index is 2.76. The van der Waals surface area contributed by atoms with Gasteiger partial charge in [0.05, 0.1) is 13.2 Å². The summed E-state index contributed by atoms with van der Waals surface area (Å²) in [5, 5.41) is 46.8. The van der Waals surface area contributed by atoms with Crippen LogP contribution in [0.5, 0.6) is 0 Å². The summed E-state index contributed by atoms with van der Waals surface area (Å²) in [6, 6.07) is 0. The topological polar surface area (TPSA) is 120 Å². The van der Waals surface area contributed by atoms with Crippen molar-refractivity contribution in [1.82, 2.24) is 0 Å². The van der Waals surface area contributed by atoms with Crippen LogP contribution in [0.15, 0.2) is 0 Å². The second-order valence-corrected chi connectivity index (χ2v) is 3.78. The Bertz CT molecular complexity index is 218. The fourth-order valence-electron chi connectivity index (χ4n) is 1.62. The van der Waals surface area contributed by atoms with Crippen molar-refractivity contribution in [1.29, 1.82) is 0 Å². The summed E-state index contributed by atoms with van der Waals surface area (Å²) in [5.41, 5.74) is -2.01. The first-order valence-corrected chi connectivity index (χ1v) is 5.07. The molecule has 4 atom stereocenters. The average Bonchev–Trinajstić information content (AvgIpc) is 2.57. The van der Waals surface area contributed by atoms with Crippen LogP contribution in [-0.2, 0) is 9.47 Å². The Labute approximate surface area is 92.9 Å². The van der Waals surface area contributed by atoms with Crippen LogP contribution in [0.3, 0.4) is 0 Å². The molecular formula is C9H18O7. The molecule has 7 heteroatoms. The van der Waals surface area contributed by atoms with E-state index in [4.69, 9.17) is 19.7 Å². The molecule has 1 aliphatic rings. The number of hydrogen-bond acceptors (Lipinski definition) is 7. The van der Waals surface area contributed by atoms with E-state index < -0.39 is 43.4 Å². The number of aliphatic hydroxyl groups is 5. The van der Waals surface area contributed by atoms with E-state index in [-0.39, 0.29) is 6.61 Å². The van der Waals surface area contributed by atoms with Gasteiger partial charge in [0.25, 0.3) is 0 Å². The molecule has 0 aromatic heterocycles. The molecule has 0 aliphatic carbocycles. The maximum atomic E-state index is 9.75. The maximum absolute atomic E-state index is 9.75. The number of hydrogen-bond donors (Lipinski definition) is 5. The molecule has 5 N–H and O–H groups in total. The zero-order valence-corrected chi connectivity index (χ0v) is 8.98. The van der Waals surface area contributed by atoms with Crippen molar-refractivity contribution in [3.63, 3.8) is 0 Å². The van der Waals surface area contributed by atoms with Crippen molar-refractivity contribution in [2.24, 2.45) is 0 Å². The van der Waals surface area contributed by atoms with Gasteiger partial charge in [0.2, 0.25) is 0 Å². The fraction of sp³-hybridized carbons (Fsp3) is 1.00. The van der Waals surface area contributed by atoms with Gasteiger partial charge in [0.1, 0.15) is 23.9 Å².